The highest BCUT2D eigenvalue weighted by molar-refractivity contribution is 7.80. The van der Waals surface area contributed by atoms with E-state index in [1.165, 1.54) is 0 Å². The zero-order valence-corrected chi connectivity index (χ0v) is 34.7. The molecule has 0 aliphatic heterocycles. The molecular formula is C39H63F4N4O6PS. The Hall–Kier alpha value is -2.77. The Bertz CT molecular complexity index is 1320. The smallest absolute Gasteiger partial charge is 0.311 e. The van der Waals surface area contributed by atoms with Crippen molar-refractivity contribution in [3.8, 4) is 5.75 Å². The van der Waals surface area contributed by atoms with Crippen LogP contribution in [0.3, 0.4) is 0 Å². The predicted molar refractivity (Wildman–Crippen MR) is 213 cm³/mol. The summed E-state index contributed by atoms with van der Waals surface area (Å²) in [6, 6.07) is 0. The molecule has 0 aromatic heterocycles. The van der Waals surface area contributed by atoms with E-state index < -0.39 is 45.8 Å². The highest BCUT2D eigenvalue weighted by atomic mass is 32.1. The zero-order chi connectivity index (χ0) is 41.2. The van der Waals surface area contributed by atoms with Crippen molar-refractivity contribution < 1.29 is 46.3 Å². The van der Waals surface area contributed by atoms with Gasteiger partial charge in [0.15, 0.2) is 17.4 Å². The number of unbranched alkanes of at least 4 members (excludes halogenated alkanes) is 9. The molecule has 2 atom stereocenters. The lowest BCUT2D eigenvalue weighted by atomic mass is 9.81. The topological polar surface area (TPSA) is 157 Å². The van der Waals surface area contributed by atoms with Crippen LogP contribution in [0.4, 0.5) is 17.6 Å². The Morgan fingerprint density at radius 3 is 1.67 bits per heavy atom. The molecule has 0 bridgehead atoms. The predicted octanol–water partition coefficient (Wildman–Crippen LogP) is 6.65. The van der Waals surface area contributed by atoms with Crippen LogP contribution in [0.15, 0.2) is 0 Å². The molecule has 0 saturated heterocycles. The molecule has 1 aromatic rings. The maximum atomic E-state index is 14.0. The number of esters is 1. The fraction of sp³-hybridized carbons (Fsp3) is 0.718. The molecule has 1 aromatic carbocycles. The molecule has 0 aliphatic rings. The van der Waals surface area contributed by atoms with Gasteiger partial charge < -0.3 is 26.4 Å². The van der Waals surface area contributed by atoms with Crippen LogP contribution < -0.4 is 31.7 Å². The van der Waals surface area contributed by atoms with Crippen LogP contribution in [-0.4, -0.2) is 60.4 Å². The maximum absolute atomic E-state index is 14.0. The summed E-state index contributed by atoms with van der Waals surface area (Å²) in [5.74, 6) is -9.23. The Balaban J connectivity index is 2.64. The van der Waals surface area contributed by atoms with Gasteiger partial charge in [-0.2, -0.15) is 17.0 Å². The van der Waals surface area contributed by atoms with Crippen LogP contribution in [-0.2, 0) is 24.0 Å². The van der Waals surface area contributed by atoms with Gasteiger partial charge in [0.25, 0.3) is 0 Å². The molecule has 0 aliphatic carbocycles. The van der Waals surface area contributed by atoms with E-state index in [9.17, 15) is 41.5 Å². The molecule has 0 heterocycles. The molecule has 5 N–H and O–H groups in total. The van der Waals surface area contributed by atoms with E-state index in [2.05, 4.69) is 28.6 Å². The van der Waals surface area contributed by atoms with Crippen molar-refractivity contribution in [3.63, 3.8) is 0 Å². The second-order valence-electron chi connectivity index (χ2n) is 14.4. The summed E-state index contributed by atoms with van der Waals surface area (Å²) < 4.78 is 59.3. The minimum absolute atomic E-state index is 0.0454. The fourth-order valence-corrected chi connectivity index (χ4v) is 6.46. The normalized spacial score (nSPS) is 12.3. The highest BCUT2D eigenvalue weighted by Gasteiger charge is 2.34. The molecule has 3 amide bonds. The van der Waals surface area contributed by atoms with Crippen LogP contribution in [0.5, 0.6) is 5.75 Å². The Labute approximate surface area is 332 Å². The van der Waals surface area contributed by atoms with Crippen LogP contribution in [0.2, 0.25) is 0 Å². The number of Topliss-reactive ketones (excluding diaryl/α,β-unsaturated/α-hetero) is 1. The molecule has 2 unspecified atom stereocenters. The quantitative estimate of drug-likeness (QED) is 0.00821. The lowest BCUT2D eigenvalue weighted by Crippen LogP contribution is -2.50. The third kappa shape index (κ3) is 20.8. The fourth-order valence-electron chi connectivity index (χ4n) is 5.92. The monoisotopic (exact) mass is 822 g/mol. The van der Waals surface area contributed by atoms with E-state index >= 15 is 0 Å². The molecule has 16 heteroatoms. The van der Waals surface area contributed by atoms with Crippen LogP contribution in [0.25, 0.3) is 0 Å². The van der Waals surface area contributed by atoms with E-state index in [-0.39, 0.29) is 67.9 Å². The lowest BCUT2D eigenvalue weighted by molar-refractivity contribution is -0.134. The van der Waals surface area contributed by atoms with Crippen LogP contribution in [0.1, 0.15) is 142 Å². The number of amides is 3. The summed E-state index contributed by atoms with van der Waals surface area (Å²) >= 11 is 4.20. The summed E-state index contributed by atoms with van der Waals surface area (Å²) in [6.07, 6.45) is 10.7. The van der Waals surface area contributed by atoms with Crippen molar-refractivity contribution >= 4 is 56.6 Å². The molecule has 1 rings (SSSR count). The molecular weight excluding hydrogens is 759 g/mol. The second-order valence-corrected chi connectivity index (χ2v) is 15.4. The van der Waals surface area contributed by atoms with E-state index in [0.717, 1.165) is 63.5 Å². The van der Waals surface area contributed by atoms with Gasteiger partial charge in [0.05, 0.1) is 5.30 Å². The Morgan fingerprint density at radius 1 is 0.655 bits per heavy atom. The summed E-state index contributed by atoms with van der Waals surface area (Å²) in [6.45, 7) is 5.20. The summed E-state index contributed by atoms with van der Waals surface area (Å²) in [5, 5.41) is 8.27. The number of halogens is 4. The number of ketones is 1. The summed E-state index contributed by atoms with van der Waals surface area (Å²) in [7, 11) is 1.70. The molecule has 0 radical (unpaired) electrons. The zero-order valence-electron chi connectivity index (χ0n) is 32.6. The minimum atomic E-state index is -2.05. The van der Waals surface area contributed by atoms with Gasteiger partial charge in [-0.15, -0.1) is 0 Å². The van der Waals surface area contributed by atoms with E-state index in [0.29, 0.717) is 51.7 Å². The first-order chi connectivity index (χ1) is 26.2. The Morgan fingerprint density at radius 2 is 1.15 bits per heavy atom. The lowest BCUT2D eigenvalue weighted by Gasteiger charge is -2.35. The van der Waals surface area contributed by atoms with Gasteiger partial charge in [0, 0.05) is 56.7 Å². The van der Waals surface area contributed by atoms with Crippen LogP contribution in [0, 0.1) is 29.2 Å². The number of hydrogen-bond acceptors (Lipinski definition) is 8. The molecule has 0 spiro atoms. The average molecular weight is 823 g/mol. The minimum Gasteiger partial charge on any atom is -0.422 e. The van der Waals surface area contributed by atoms with E-state index in [1.807, 2.05) is 13.8 Å². The second kappa shape index (κ2) is 28.6. The molecule has 314 valence electrons. The third-order valence-electron chi connectivity index (χ3n) is 9.43. The maximum Gasteiger partial charge on any atom is 0.311 e. The summed E-state index contributed by atoms with van der Waals surface area (Å²) in [4.78, 5) is 63.7. The van der Waals surface area contributed by atoms with Crippen molar-refractivity contribution in [1.82, 2.24) is 16.0 Å². The third-order valence-corrected chi connectivity index (χ3v) is 10.3. The van der Waals surface area contributed by atoms with E-state index in [1.54, 1.807) is 9.24 Å². The molecule has 0 fully saturated rings. The Kier molecular flexibility index (Phi) is 26.1. The number of thiol groups is 1. The van der Waals surface area contributed by atoms with Gasteiger partial charge in [-0.05, 0) is 70.1 Å². The van der Waals surface area contributed by atoms with Gasteiger partial charge in [0.2, 0.25) is 29.4 Å². The van der Waals surface area contributed by atoms with E-state index in [4.69, 9.17) is 10.5 Å². The van der Waals surface area contributed by atoms with Crippen LogP contribution >= 0.6 is 21.9 Å². The molecule has 10 nitrogen and oxygen atoms in total. The standard InChI is InChI=1S/C39H63F4N4O6PS/c1-27(2)28(48)17-20-39(21-18-29(49)45-24-12-11-23-44,22-19-30(50)46-25-13-14-26-55)47-31(51)15-9-7-5-3-4-6-8-10-16-32(52)53-37-35(42)33(40)34(41)36(43)38(37)54/h27,55H,3-26,44,54H2,1-2H3,(H,45,49)(H,46,50)(H,47,51). The molecule has 0 saturated carbocycles. The summed E-state index contributed by atoms with van der Waals surface area (Å²) in [5.41, 5.74) is 4.64. The first-order valence-electron chi connectivity index (χ1n) is 19.7. The van der Waals surface area contributed by atoms with Crippen molar-refractivity contribution in [2.24, 2.45) is 11.7 Å². The SMILES string of the molecule is CC(C)C(=O)CCC(CCC(=O)NCCCCN)(CCC(=O)NCCCCS)NC(=O)CCCCCCCCCCC(=O)Oc1c(F)c(F)c(F)c(F)c1P. The first kappa shape index (κ1) is 50.2. The number of benzene rings is 1. The van der Waals surface area contributed by atoms with Crippen molar-refractivity contribution in [2.45, 2.75) is 148 Å². The van der Waals surface area contributed by atoms with Gasteiger partial charge in [0.1, 0.15) is 5.78 Å². The van der Waals surface area contributed by atoms with Crippen molar-refractivity contribution in [1.29, 1.82) is 0 Å². The number of nitrogens with one attached hydrogen (secondary N) is 3. The number of carbonyl (C=O) groups is 5. The van der Waals surface area contributed by atoms with Crippen molar-refractivity contribution in [2.75, 3.05) is 25.4 Å². The average Bonchev–Trinajstić information content (AvgIpc) is 3.16. The first-order valence-corrected chi connectivity index (χ1v) is 20.9. The number of nitrogens with two attached hydrogens (primary N) is 1. The largest absolute Gasteiger partial charge is 0.422 e. The van der Waals surface area contributed by atoms with Gasteiger partial charge >= 0.3 is 5.97 Å². The number of ether oxygens (including phenoxy) is 1. The number of rotatable bonds is 31. The van der Waals surface area contributed by atoms with Gasteiger partial charge in [-0.25, -0.2) is 13.2 Å². The number of carbonyl (C=O) groups excluding carboxylic acids is 5. The van der Waals surface area contributed by atoms with Crippen molar-refractivity contribution in [3.05, 3.63) is 23.3 Å². The molecule has 55 heavy (non-hydrogen) atoms. The van der Waals surface area contributed by atoms with Gasteiger partial charge in [-0.1, -0.05) is 61.6 Å². The highest BCUT2D eigenvalue weighted by Crippen LogP contribution is 2.28. The van der Waals surface area contributed by atoms with Gasteiger partial charge in [-0.3, -0.25) is 24.0 Å². The number of hydrogen-bond donors (Lipinski definition) is 5.